The molecule has 1 rings (SSSR count). The normalized spacial score (nSPS) is 25.4. The van der Waals surface area contributed by atoms with Gasteiger partial charge < -0.3 is 10.2 Å². The van der Waals surface area contributed by atoms with Crippen LogP contribution in [-0.2, 0) is 4.79 Å². The van der Waals surface area contributed by atoms with Gasteiger partial charge in [0.15, 0.2) is 0 Å². The maximum Gasteiger partial charge on any atom is 0.241 e. The molecule has 1 saturated heterocycles. The van der Waals surface area contributed by atoms with Crippen LogP contribution in [-0.4, -0.2) is 35.0 Å². The molecule has 1 amide bonds. The highest BCUT2D eigenvalue weighted by molar-refractivity contribution is 5.83. The summed E-state index contributed by atoms with van der Waals surface area (Å²) in [6.07, 6.45) is 1.16. The van der Waals surface area contributed by atoms with Crippen LogP contribution in [0.3, 0.4) is 0 Å². The van der Waals surface area contributed by atoms with Crippen LogP contribution in [0.4, 0.5) is 0 Å². The Bertz CT molecular complexity index is 304. The summed E-state index contributed by atoms with van der Waals surface area (Å²) in [6, 6.07) is 1.90. The molecule has 0 radical (unpaired) electrons. The summed E-state index contributed by atoms with van der Waals surface area (Å²) in [4.78, 5) is 14.2. The minimum atomic E-state index is -0.339. The molecule has 1 aliphatic heterocycles. The Balaban J connectivity index is 2.96. The van der Waals surface area contributed by atoms with Crippen LogP contribution in [0, 0.1) is 11.3 Å². The minimum Gasteiger partial charge on any atom is -0.334 e. The number of carbonyl (C=O) groups excluding carboxylic acids is 1. The first-order valence-corrected chi connectivity index (χ1v) is 5.83. The zero-order chi connectivity index (χ0) is 12.3. The van der Waals surface area contributed by atoms with Crippen molar-refractivity contribution >= 4 is 5.91 Å². The van der Waals surface area contributed by atoms with Crippen LogP contribution in [0.1, 0.15) is 40.5 Å². The summed E-state index contributed by atoms with van der Waals surface area (Å²) in [5.74, 6) is 0.0547. The zero-order valence-corrected chi connectivity index (χ0v) is 10.6. The van der Waals surface area contributed by atoms with Gasteiger partial charge in [0.1, 0.15) is 0 Å². The van der Waals surface area contributed by atoms with Crippen molar-refractivity contribution in [1.82, 2.24) is 10.2 Å². The predicted octanol–water partition coefficient (Wildman–Crippen LogP) is 1.28. The largest absolute Gasteiger partial charge is 0.334 e. The number of nitrogens with zero attached hydrogens (tertiary/aromatic N) is 2. The van der Waals surface area contributed by atoms with E-state index < -0.39 is 0 Å². The fraction of sp³-hybridized carbons (Fsp3) is 0.833. The maximum atomic E-state index is 12.3. The lowest BCUT2D eigenvalue weighted by molar-refractivity contribution is -0.139. The molecule has 0 aromatic carbocycles. The Hall–Kier alpha value is -1.08. The number of rotatable bonds is 2. The lowest BCUT2D eigenvalue weighted by Crippen LogP contribution is -2.54. The van der Waals surface area contributed by atoms with Crippen LogP contribution in [0.2, 0.25) is 0 Å². The first-order valence-electron chi connectivity index (χ1n) is 5.83. The van der Waals surface area contributed by atoms with E-state index in [9.17, 15) is 4.79 Å². The van der Waals surface area contributed by atoms with Crippen LogP contribution >= 0.6 is 0 Å². The Morgan fingerprint density at radius 2 is 2.25 bits per heavy atom. The maximum absolute atomic E-state index is 12.3. The molecule has 0 saturated carbocycles. The Kier molecular flexibility index (Phi) is 3.93. The average molecular weight is 223 g/mol. The van der Waals surface area contributed by atoms with Crippen molar-refractivity contribution in [3.05, 3.63) is 0 Å². The van der Waals surface area contributed by atoms with E-state index in [-0.39, 0.29) is 30.0 Å². The zero-order valence-electron chi connectivity index (χ0n) is 10.6. The summed E-state index contributed by atoms with van der Waals surface area (Å²) in [5, 5.41) is 11.9. The van der Waals surface area contributed by atoms with Crippen molar-refractivity contribution in [3.8, 4) is 6.07 Å². The van der Waals surface area contributed by atoms with E-state index in [1.54, 1.807) is 0 Å². The number of carbonyl (C=O) groups is 1. The third kappa shape index (κ3) is 2.53. The molecule has 1 unspecified atom stereocenters. The van der Waals surface area contributed by atoms with E-state index in [0.717, 1.165) is 13.0 Å². The van der Waals surface area contributed by atoms with Gasteiger partial charge in [-0.15, -0.1) is 0 Å². The number of hydrogen-bond donors (Lipinski definition) is 1. The molecule has 1 heterocycles. The van der Waals surface area contributed by atoms with Gasteiger partial charge >= 0.3 is 0 Å². The number of nitrogens with one attached hydrogen (secondary N) is 1. The van der Waals surface area contributed by atoms with E-state index in [0.29, 0.717) is 0 Å². The summed E-state index contributed by atoms with van der Waals surface area (Å²) < 4.78 is 0. The predicted molar refractivity (Wildman–Crippen MR) is 62.7 cm³/mol. The number of amides is 1. The molecule has 4 nitrogen and oxygen atoms in total. The van der Waals surface area contributed by atoms with Crippen molar-refractivity contribution in [3.63, 3.8) is 0 Å². The highest BCUT2D eigenvalue weighted by atomic mass is 16.2. The SMILES string of the molecule is CC(C)N1C(=O)C(CC#N)NCCC1(C)C. The number of hydrogen-bond acceptors (Lipinski definition) is 3. The van der Waals surface area contributed by atoms with Gasteiger partial charge in [-0.3, -0.25) is 4.79 Å². The summed E-state index contributed by atoms with van der Waals surface area (Å²) >= 11 is 0. The van der Waals surface area contributed by atoms with Gasteiger partial charge in [0, 0.05) is 11.6 Å². The topological polar surface area (TPSA) is 56.1 Å². The molecule has 1 atom stereocenters. The second-order valence-electron chi connectivity index (χ2n) is 5.23. The van der Waals surface area contributed by atoms with Gasteiger partial charge in [0.2, 0.25) is 5.91 Å². The van der Waals surface area contributed by atoms with Crippen LogP contribution < -0.4 is 5.32 Å². The first kappa shape index (κ1) is 13.0. The summed E-state index contributed by atoms with van der Waals surface area (Å²) in [6.45, 7) is 9.00. The molecule has 90 valence electrons. The van der Waals surface area contributed by atoms with E-state index in [1.807, 2.05) is 18.7 Å². The lowest BCUT2D eigenvalue weighted by atomic mass is 9.96. The highest BCUT2D eigenvalue weighted by Gasteiger charge is 2.38. The first-order chi connectivity index (χ1) is 7.40. The number of nitriles is 1. The quantitative estimate of drug-likeness (QED) is 0.767. The van der Waals surface area contributed by atoms with E-state index in [1.165, 1.54) is 0 Å². The monoisotopic (exact) mass is 223 g/mol. The molecule has 16 heavy (non-hydrogen) atoms. The van der Waals surface area contributed by atoms with Crippen LogP contribution in [0.5, 0.6) is 0 Å². The molecule has 0 bridgehead atoms. The fourth-order valence-corrected chi connectivity index (χ4v) is 2.43. The van der Waals surface area contributed by atoms with Gasteiger partial charge in [-0.05, 0) is 40.7 Å². The second-order valence-corrected chi connectivity index (χ2v) is 5.23. The second kappa shape index (κ2) is 4.84. The standard InChI is InChI=1S/C12H21N3O/c1-9(2)15-11(16)10(5-7-13)14-8-6-12(15,3)4/h9-10,14H,5-6,8H2,1-4H3. The van der Waals surface area contributed by atoms with Crippen molar-refractivity contribution < 1.29 is 4.79 Å². The van der Waals surface area contributed by atoms with Gasteiger partial charge in [-0.1, -0.05) is 0 Å². The molecule has 1 N–H and O–H groups in total. The molecule has 0 aromatic heterocycles. The molecule has 1 aliphatic rings. The Labute approximate surface area is 97.6 Å². The van der Waals surface area contributed by atoms with Crippen molar-refractivity contribution in [1.29, 1.82) is 5.26 Å². The smallest absolute Gasteiger partial charge is 0.241 e. The van der Waals surface area contributed by atoms with E-state index >= 15 is 0 Å². The lowest BCUT2D eigenvalue weighted by Gasteiger charge is -2.40. The van der Waals surface area contributed by atoms with Crippen molar-refractivity contribution in [2.45, 2.75) is 58.2 Å². The minimum absolute atomic E-state index is 0.0547. The molecule has 4 heteroatoms. The van der Waals surface area contributed by atoms with E-state index in [2.05, 4.69) is 25.2 Å². The van der Waals surface area contributed by atoms with Gasteiger partial charge in [-0.2, -0.15) is 5.26 Å². The average Bonchev–Trinajstić information content (AvgIpc) is 2.24. The third-order valence-corrected chi connectivity index (χ3v) is 3.13. The molecule has 0 spiro atoms. The highest BCUT2D eigenvalue weighted by Crippen LogP contribution is 2.25. The van der Waals surface area contributed by atoms with Crippen LogP contribution in [0.25, 0.3) is 0 Å². The molecule has 0 aromatic rings. The van der Waals surface area contributed by atoms with Crippen molar-refractivity contribution in [2.75, 3.05) is 6.54 Å². The Morgan fingerprint density at radius 3 is 2.75 bits per heavy atom. The molecule has 0 aliphatic carbocycles. The van der Waals surface area contributed by atoms with Crippen LogP contribution in [0.15, 0.2) is 0 Å². The van der Waals surface area contributed by atoms with Gasteiger partial charge in [-0.25, -0.2) is 0 Å². The molecular formula is C12H21N3O. The van der Waals surface area contributed by atoms with Crippen molar-refractivity contribution in [2.24, 2.45) is 0 Å². The Morgan fingerprint density at radius 1 is 1.62 bits per heavy atom. The van der Waals surface area contributed by atoms with Gasteiger partial charge in [0.05, 0.1) is 18.5 Å². The third-order valence-electron chi connectivity index (χ3n) is 3.13. The van der Waals surface area contributed by atoms with E-state index in [4.69, 9.17) is 5.26 Å². The molecule has 1 fully saturated rings. The summed E-state index contributed by atoms with van der Waals surface area (Å²) in [5.41, 5.74) is -0.136. The molecular weight excluding hydrogens is 202 g/mol. The summed E-state index contributed by atoms with van der Waals surface area (Å²) in [7, 11) is 0. The fourth-order valence-electron chi connectivity index (χ4n) is 2.43. The van der Waals surface area contributed by atoms with Gasteiger partial charge in [0.25, 0.3) is 0 Å².